The first kappa shape index (κ1) is 22.1. The number of carboxylic acids is 1. The maximum atomic E-state index is 14.9. The van der Waals surface area contributed by atoms with Gasteiger partial charge in [-0.2, -0.15) is 5.21 Å². The second kappa shape index (κ2) is 9.46. The molecule has 0 bridgehead atoms. The number of benzene rings is 2. The smallest absolute Gasteiger partial charge is 0.307 e. The largest absolute Gasteiger partial charge is 0.481 e. The van der Waals surface area contributed by atoms with Gasteiger partial charge in [-0.15, -0.1) is 10.2 Å². The molecule has 3 rings (SSSR count). The van der Waals surface area contributed by atoms with Gasteiger partial charge in [-0.1, -0.05) is 43.3 Å². The van der Waals surface area contributed by atoms with Crippen molar-refractivity contribution in [1.29, 1.82) is 0 Å². The van der Waals surface area contributed by atoms with E-state index in [0.717, 1.165) is 0 Å². The number of aromatic nitrogens is 4. The molecule has 1 aromatic heterocycles. The number of amides is 1. The van der Waals surface area contributed by atoms with Gasteiger partial charge >= 0.3 is 5.97 Å². The van der Waals surface area contributed by atoms with E-state index in [-0.39, 0.29) is 12.3 Å². The van der Waals surface area contributed by atoms with Crippen molar-refractivity contribution in [2.24, 2.45) is 17.6 Å². The molecular weight excluding hydrogens is 401 g/mol. The van der Waals surface area contributed by atoms with Gasteiger partial charge in [-0.25, -0.2) is 4.39 Å². The number of nitrogens with one attached hydrogen (secondary N) is 1. The molecule has 9 heteroatoms. The summed E-state index contributed by atoms with van der Waals surface area (Å²) in [5, 5.41) is 23.7. The Labute approximate surface area is 178 Å². The van der Waals surface area contributed by atoms with Crippen LogP contribution in [0.4, 0.5) is 4.39 Å². The van der Waals surface area contributed by atoms with Crippen LogP contribution < -0.4 is 5.73 Å². The zero-order valence-electron chi connectivity index (χ0n) is 17.2. The van der Waals surface area contributed by atoms with Gasteiger partial charge < -0.3 is 10.8 Å². The molecule has 0 aliphatic heterocycles. The van der Waals surface area contributed by atoms with Crippen LogP contribution in [0.1, 0.15) is 47.9 Å². The molecule has 1 amide bonds. The first-order valence-electron chi connectivity index (χ1n) is 9.91. The number of hydrogen-bond donors (Lipinski definition) is 3. The van der Waals surface area contributed by atoms with Gasteiger partial charge in [0.05, 0.1) is 5.92 Å². The van der Waals surface area contributed by atoms with E-state index < -0.39 is 29.5 Å². The third-order valence-electron chi connectivity index (χ3n) is 5.19. The minimum absolute atomic E-state index is 0.151. The van der Waals surface area contributed by atoms with Gasteiger partial charge in [0.25, 0.3) is 0 Å². The second-order valence-corrected chi connectivity index (χ2v) is 7.91. The van der Waals surface area contributed by atoms with Crippen LogP contribution in [0.2, 0.25) is 0 Å². The summed E-state index contributed by atoms with van der Waals surface area (Å²) in [5.74, 6) is -2.80. The molecule has 1 unspecified atom stereocenters. The highest BCUT2D eigenvalue weighted by atomic mass is 19.1. The van der Waals surface area contributed by atoms with Crippen LogP contribution in [0.15, 0.2) is 42.5 Å². The molecule has 3 aromatic rings. The van der Waals surface area contributed by atoms with Crippen molar-refractivity contribution in [3.63, 3.8) is 0 Å². The molecule has 31 heavy (non-hydrogen) atoms. The number of aromatic amines is 1. The molecule has 1 heterocycles. The highest BCUT2D eigenvalue weighted by Gasteiger charge is 2.33. The maximum absolute atomic E-state index is 14.9. The lowest BCUT2D eigenvalue weighted by Crippen LogP contribution is -2.26. The van der Waals surface area contributed by atoms with E-state index in [1.807, 2.05) is 13.8 Å². The van der Waals surface area contributed by atoms with Crippen LogP contribution in [0.25, 0.3) is 11.1 Å². The van der Waals surface area contributed by atoms with Crippen LogP contribution >= 0.6 is 0 Å². The van der Waals surface area contributed by atoms with Gasteiger partial charge in [0, 0.05) is 17.0 Å². The molecular formula is C22H24FN5O3. The molecule has 0 aliphatic carbocycles. The summed E-state index contributed by atoms with van der Waals surface area (Å²) in [6.07, 6.45) is 0.683. The minimum atomic E-state index is -0.949. The fraction of sp³-hybridized carbons (Fsp3) is 0.318. The quantitative estimate of drug-likeness (QED) is 0.482. The van der Waals surface area contributed by atoms with Crippen molar-refractivity contribution in [3.8, 4) is 11.1 Å². The predicted molar refractivity (Wildman–Crippen MR) is 112 cm³/mol. The Morgan fingerprint density at radius 2 is 1.87 bits per heavy atom. The van der Waals surface area contributed by atoms with Crippen molar-refractivity contribution < 1.29 is 19.1 Å². The number of H-pyrrole nitrogens is 1. The lowest BCUT2D eigenvalue weighted by Gasteiger charge is -2.23. The fourth-order valence-corrected chi connectivity index (χ4v) is 3.67. The lowest BCUT2D eigenvalue weighted by molar-refractivity contribution is -0.143. The number of hydrogen-bond acceptors (Lipinski definition) is 5. The van der Waals surface area contributed by atoms with Crippen molar-refractivity contribution in [2.45, 2.75) is 32.6 Å². The Morgan fingerprint density at radius 3 is 2.39 bits per heavy atom. The highest BCUT2D eigenvalue weighted by Crippen LogP contribution is 2.32. The second-order valence-electron chi connectivity index (χ2n) is 7.91. The predicted octanol–water partition coefficient (Wildman–Crippen LogP) is 3.18. The summed E-state index contributed by atoms with van der Waals surface area (Å²) in [7, 11) is 0. The highest BCUT2D eigenvalue weighted by molar-refractivity contribution is 5.93. The van der Waals surface area contributed by atoms with E-state index in [0.29, 0.717) is 34.5 Å². The topological polar surface area (TPSA) is 135 Å². The first-order valence-corrected chi connectivity index (χ1v) is 9.91. The fourth-order valence-electron chi connectivity index (χ4n) is 3.67. The molecule has 4 N–H and O–H groups in total. The summed E-state index contributed by atoms with van der Waals surface area (Å²) < 4.78 is 14.9. The summed E-state index contributed by atoms with van der Waals surface area (Å²) >= 11 is 0. The summed E-state index contributed by atoms with van der Waals surface area (Å²) in [6.45, 7) is 3.89. The Kier molecular flexibility index (Phi) is 6.74. The Balaban J connectivity index is 1.89. The van der Waals surface area contributed by atoms with Gasteiger partial charge in [-0.3, -0.25) is 9.59 Å². The molecule has 2 atom stereocenters. The first-order chi connectivity index (χ1) is 14.8. The lowest BCUT2D eigenvalue weighted by atomic mass is 9.81. The van der Waals surface area contributed by atoms with Crippen molar-refractivity contribution in [1.82, 2.24) is 20.6 Å². The van der Waals surface area contributed by atoms with Crippen LogP contribution in [0.5, 0.6) is 0 Å². The molecule has 0 saturated heterocycles. The number of carboxylic acid groups (broad SMARTS) is 1. The zero-order chi connectivity index (χ0) is 22.5. The number of nitrogens with two attached hydrogens (primary N) is 1. The van der Waals surface area contributed by atoms with Gasteiger partial charge in [0.1, 0.15) is 5.82 Å². The van der Waals surface area contributed by atoms with Gasteiger partial charge in [0.2, 0.25) is 5.91 Å². The molecule has 0 fully saturated rings. The zero-order valence-corrected chi connectivity index (χ0v) is 17.2. The Hall–Kier alpha value is -3.62. The Morgan fingerprint density at radius 1 is 1.16 bits per heavy atom. The van der Waals surface area contributed by atoms with E-state index >= 15 is 0 Å². The van der Waals surface area contributed by atoms with E-state index in [1.165, 1.54) is 6.07 Å². The van der Waals surface area contributed by atoms with Crippen LogP contribution in [-0.4, -0.2) is 37.6 Å². The van der Waals surface area contributed by atoms with Crippen molar-refractivity contribution in [3.05, 3.63) is 65.2 Å². The maximum Gasteiger partial charge on any atom is 0.307 e. The van der Waals surface area contributed by atoms with Crippen LogP contribution in [0.3, 0.4) is 0 Å². The average Bonchev–Trinajstić information content (AvgIpc) is 3.25. The molecule has 162 valence electrons. The number of primary amides is 1. The third kappa shape index (κ3) is 5.30. The Bertz CT molecular complexity index is 1050. The molecule has 8 nitrogen and oxygen atoms in total. The molecule has 2 aromatic carbocycles. The number of tetrazole rings is 1. The van der Waals surface area contributed by atoms with E-state index in [9.17, 15) is 19.1 Å². The summed E-state index contributed by atoms with van der Waals surface area (Å²) in [4.78, 5) is 23.2. The third-order valence-corrected chi connectivity index (χ3v) is 5.19. The summed E-state index contributed by atoms with van der Waals surface area (Å²) in [6, 6.07) is 11.1. The summed E-state index contributed by atoms with van der Waals surface area (Å²) in [5.41, 5.74) is 7.18. The van der Waals surface area contributed by atoms with Crippen molar-refractivity contribution in [2.75, 3.05) is 0 Å². The monoisotopic (exact) mass is 425 g/mol. The minimum Gasteiger partial charge on any atom is -0.481 e. The number of nitrogens with zero attached hydrogens (tertiary/aromatic N) is 3. The molecule has 0 aliphatic rings. The molecule has 0 saturated carbocycles. The van der Waals surface area contributed by atoms with Gasteiger partial charge in [-0.05, 0) is 48.1 Å². The standard InChI is InChI=1S/C22H24FN5O3/c1-12(2)9-18(22(30)31)17(21-25-27-28-26-21)10-13-3-8-16(19(23)11-13)14-4-6-15(7-5-14)20(24)29/h3-8,11-12,17-18H,9-10H2,1-2H3,(H2,24,29)(H,30,31)(H,25,26,27,28)/t17-,18?/m0/s1. The molecule has 0 spiro atoms. The SMILES string of the molecule is CC(C)CC(C(=O)O)[C@H](Cc1ccc(-c2ccc(C(N)=O)cc2)c(F)c1)c1nn[nH]n1. The van der Waals surface area contributed by atoms with E-state index in [2.05, 4.69) is 20.6 Å². The normalized spacial score (nSPS) is 13.2. The number of carbonyl (C=O) groups is 2. The molecule has 0 radical (unpaired) electrons. The van der Waals surface area contributed by atoms with Crippen molar-refractivity contribution >= 4 is 11.9 Å². The number of carbonyl (C=O) groups excluding carboxylic acids is 1. The van der Waals surface area contributed by atoms with Crippen LogP contribution in [0, 0.1) is 17.7 Å². The van der Waals surface area contributed by atoms with Gasteiger partial charge in [0.15, 0.2) is 5.82 Å². The van der Waals surface area contributed by atoms with Crippen LogP contribution in [-0.2, 0) is 11.2 Å². The number of aliphatic carboxylic acids is 1. The van der Waals surface area contributed by atoms with E-state index in [1.54, 1.807) is 36.4 Å². The number of rotatable bonds is 9. The van der Waals surface area contributed by atoms with E-state index in [4.69, 9.17) is 5.73 Å². The average molecular weight is 425 g/mol. The number of halogens is 1.